The molecule has 0 aromatic heterocycles. The number of hydrogen-bond donors (Lipinski definition) is 1. The van der Waals surface area contributed by atoms with Gasteiger partial charge in [-0.3, -0.25) is 0 Å². The van der Waals surface area contributed by atoms with Crippen molar-refractivity contribution in [3.63, 3.8) is 0 Å². The van der Waals surface area contributed by atoms with Gasteiger partial charge in [0, 0.05) is 6.61 Å². The fourth-order valence-electron chi connectivity index (χ4n) is 3.28. The fraction of sp³-hybridized carbons (Fsp3) is 1.00. The second-order valence-electron chi connectivity index (χ2n) is 5.66. The molecule has 0 saturated heterocycles. The highest BCUT2D eigenvalue weighted by Gasteiger charge is 2.25. The maximum Gasteiger partial charge on any atom is 0.0615 e. The smallest absolute Gasteiger partial charge is 0.0615 e. The molecule has 0 radical (unpaired) electrons. The average Bonchev–Trinajstić information content (AvgIpc) is 2.38. The quantitative estimate of drug-likeness (QED) is 0.798. The SMILES string of the molecule is NCC1CCCCC1OCC1CCCCC1. The summed E-state index contributed by atoms with van der Waals surface area (Å²) in [6, 6.07) is 0. The van der Waals surface area contributed by atoms with Crippen LogP contribution in [0.25, 0.3) is 0 Å². The van der Waals surface area contributed by atoms with Gasteiger partial charge in [-0.1, -0.05) is 32.1 Å². The van der Waals surface area contributed by atoms with Crippen molar-refractivity contribution in [2.75, 3.05) is 13.2 Å². The van der Waals surface area contributed by atoms with Crippen molar-refractivity contribution in [1.82, 2.24) is 0 Å². The molecule has 0 bridgehead atoms. The van der Waals surface area contributed by atoms with E-state index in [1.807, 2.05) is 0 Å². The summed E-state index contributed by atoms with van der Waals surface area (Å²) < 4.78 is 6.15. The minimum Gasteiger partial charge on any atom is -0.378 e. The molecule has 2 aliphatic carbocycles. The predicted molar refractivity (Wildman–Crippen MR) is 67.3 cm³/mol. The molecular weight excluding hydrogens is 198 g/mol. The molecule has 16 heavy (non-hydrogen) atoms. The third kappa shape index (κ3) is 3.46. The van der Waals surface area contributed by atoms with Crippen LogP contribution in [0.4, 0.5) is 0 Å². The first-order valence-electron chi connectivity index (χ1n) is 7.22. The van der Waals surface area contributed by atoms with Crippen LogP contribution in [0.15, 0.2) is 0 Å². The Kier molecular flexibility index (Phi) is 5.11. The van der Waals surface area contributed by atoms with Crippen molar-refractivity contribution in [1.29, 1.82) is 0 Å². The second kappa shape index (κ2) is 6.61. The van der Waals surface area contributed by atoms with Crippen molar-refractivity contribution >= 4 is 0 Å². The molecule has 0 heterocycles. The summed E-state index contributed by atoms with van der Waals surface area (Å²) in [5, 5.41) is 0. The summed E-state index contributed by atoms with van der Waals surface area (Å²) >= 11 is 0. The van der Waals surface area contributed by atoms with Gasteiger partial charge in [-0.25, -0.2) is 0 Å². The summed E-state index contributed by atoms with van der Waals surface area (Å²) in [4.78, 5) is 0. The van der Waals surface area contributed by atoms with Crippen LogP contribution >= 0.6 is 0 Å². The van der Waals surface area contributed by atoms with Crippen molar-refractivity contribution in [2.45, 2.75) is 63.9 Å². The van der Waals surface area contributed by atoms with E-state index >= 15 is 0 Å². The van der Waals surface area contributed by atoms with E-state index in [-0.39, 0.29) is 0 Å². The molecule has 0 aliphatic heterocycles. The average molecular weight is 225 g/mol. The topological polar surface area (TPSA) is 35.2 Å². The summed E-state index contributed by atoms with van der Waals surface area (Å²) in [6.45, 7) is 1.82. The Balaban J connectivity index is 1.70. The predicted octanol–water partition coefficient (Wildman–Crippen LogP) is 3.10. The van der Waals surface area contributed by atoms with E-state index in [0.29, 0.717) is 12.0 Å². The number of rotatable bonds is 4. The molecule has 0 aromatic carbocycles. The first-order valence-corrected chi connectivity index (χ1v) is 7.22. The van der Waals surface area contributed by atoms with E-state index in [1.165, 1.54) is 57.8 Å². The van der Waals surface area contributed by atoms with Gasteiger partial charge >= 0.3 is 0 Å². The van der Waals surface area contributed by atoms with Crippen molar-refractivity contribution < 1.29 is 4.74 Å². The molecule has 94 valence electrons. The van der Waals surface area contributed by atoms with Gasteiger partial charge in [-0.05, 0) is 44.1 Å². The Morgan fingerprint density at radius 2 is 1.56 bits per heavy atom. The fourth-order valence-corrected chi connectivity index (χ4v) is 3.28. The Labute approximate surface area is 99.9 Å². The molecule has 2 N–H and O–H groups in total. The lowest BCUT2D eigenvalue weighted by atomic mass is 9.86. The minimum atomic E-state index is 0.473. The van der Waals surface area contributed by atoms with Crippen molar-refractivity contribution in [3.05, 3.63) is 0 Å². The first-order chi connectivity index (χ1) is 7.90. The Bertz CT molecular complexity index is 189. The van der Waals surface area contributed by atoms with Crippen LogP contribution in [-0.4, -0.2) is 19.3 Å². The van der Waals surface area contributed by atoms with Crippen LogP contribution < -0.4 is 5.73 Å². The van der Waals surface area contributed by atoms with Crippen LogP contribution in [0.5, 0.6) is 0 Å². The van der Waals surface area contributed by atoms with Crippen LogP contribution in [0.3, 0.4) is 0 Å². The summed E-state index contributed by atoms with van der Waals surface area (Å²) in [7, 11) is 0. The lowest BCUT2D eigenvalue weighted by Crippen LogP contribution is -2.34. The van der Waals surface area contributed by atoms with Crippen LogP contribution in [0.2, 0.25) is 0 Å². The molecule has 2 aliphatic rings. The first kappa shape index (κ1) is 12.4. The maximum atomic E-state index is 6.15. The van der Waals surface area contributed by atoms with Gasteiger partial charge in [0.05, 0.1) is 6.10 Å². The van der Waals surface area contributed by atoms with E-state index in [9.17, 15) is 0 Å². The molecule has 0 spiro atoms. The van der Waals surface area contributed by atoms with Gasteiger partial charge in [-0.2, -0.15) is 0 Å². The molecule has 2 fully saturated rings. The lowest BCUT2D eigenvalue weighted by molar-refractivity contribution is -0.0292. The monoisotopic (exact) mass is 225 g/mol. The minimum absolute atomic E-state index is 0.473. The van der Waals surface area contributed by atoms with E-state index in [0.717, 1.165) is 19.1 Å². The molecule has 2 atom stereocenters. The largest absolute Gasteiger partial charge is 0.378 e. The van der Waals surface area contributed by atoms with E-state index < -0.39 is 0 Å². The van der Waals surface area contributed by atoms with Crippen LogP contribution in [0.1, 0.15) is 57.8 Å². The number of hydrogen-bond acceptors (Lipinski definition) is 2. The van der Waals surface area contributed by atoms with Gasteiger partial charge in [0.15, 0.2) is 0 Å². The van der Waals surface area contributed by atoms with Gasteiger partial charge < -0.3 is 10.5 Å². The zero-order chi connectivity index (χ0) is 11.2. The zero-order valence-electron chi connectivity index (χ0n) is 10.5. The van der Waals surface area contributed by atoms with Gasteiger partial charge in [0.25, 0.3) is 0 Å². The summed E-state index contributed by atoms with van der Waals surface area (Å²) in [6.07, 6.45) is 12.7. The molecule has 0 amide bonds. The van der Waals surface area contributed by atoms with Crippen molar-refractivity contribution in [2.24, 2.45) is 17.6 Å². The highest BCUT2D eigenvalue weighted by molar-refractivity contribution is 4.77. The lowest BCUT2D eigenvalue weighted by Gasteiger charge is -2.32. The highest BCUT2D eigenvalue weighted by Crippen LogP contribution is 2.29. The summed E-state index contributed by atoms with van der Waals surface area (Å²) in [5.41, 5.74) is 5.82. The molecule has 2 heteroatoms. The Morgan fingerprint density at radius 1 is 0.875 bits per heavy atom. The molecule has 0 aromatic rings. The summed E-state index contributed by atoms with van der Waals surface area (Å²) in [5.74, 6) is 1.48. The molecule has 2 unspecified atom stereocenters. The number of ether oxygens (including phenoxy) is 1. The Morgan fingerprint density at radius 3 is 2.31 bits per heavy atom. The molecular formula is C14H27NO. The van der Waals surface area contributed by atoms with Gasteiger partial charge in [0.1, 0.15) is 0 Å². The number of nitrogens with two attached hydrogens (primary N) is 1. The normalized spacial score (nSPS) is 32.8. The van der Waals surface area contributed by atoms with Crippen LogP contribution in [0, 0.1) is 11.8 Å². The van der Waals surface area contributed by atoms with Gasteiger partial charge in [-0.15, -0.1) is 0 Å². The maximum absolute atomic E-state index is 6.15. The zero-order valence-corrected chi connectivity index (χ0v) is 10.5. The van der Waals surface area contributed by atoms with Gasteiger partial charge in [0.2, 0.25) is 0 Å². The van der Waals surface area contributed by atoms with E-state index in [2.05, 4.69) is 0 Å². The van der Waals surface area contributed by atoms with E-state index in [4.69, 9.17) is 10.5 Å². The Hall–Kier alpha value is -0.0800. The third-order valence-electron chi connectivity index (χ3n) is 4.41. The van der Waals surface area contributed by atoms with Crippen LogP contribution in [-0.2, 0) is 4.74 Å². The standard InChI is InChI=1S/C14H27NO/c15-10-13-8-4-5-9-14(13)16-11-12-6-2-1-3-7-12/h12-14H,1-11,15H2. The van der Waals surface area contributed by atoms with E-state index in [1.54, 1.807) is 0 Å². The molecule has 2 saturated carbocycles. The molecule has 2 rings (SSSR count). The highest BCUT2D eigenvalue weighted by atomic mass is 16.5. The third-order valence-corrected chi connectivity index (χ3v) is 4.41. The molecule has 2 nitrogen and oxygen atoms in total. The van der Waals surface area contributed by atoms with Crippen molar-refractivity contribution in [3.8, 4) is 0 Å². The second-order valence-corrected chi connectivity index (χ2v) is 5.66.